The monoisotopic (exact) mass is 208 g/mol. The van der Waals surface area contributed by atoms with E-state index in [1.165, 1.54) is 38.5 Å². The van der Waals surface area contributed by atoms with Crippen molar-refractivity contribution in [3.8, 4) is 0 Å². The van der Waals surface area contributed by atoms with Crippen LogP contribution in [0.25, 0.3) is 0 Å². The van der Waals surface area contributed by atoms with Crippen LogP contribution in [0.4, 0.5) is 0 Å². The van der Waals surface area contributed by atoms with Gasteiger partial charge >= 0.3 is 0 Å². The van der Waals surface area contributed by atoms with Crippen LogP contribution in [-0.2, 0) is 4.74 Å². The summed E-state index contributed by atoms with van der Waals surface area (Å²) in [5, 5.41) is 0. The lowest BCUT2D eigenvalue weighted by Gasteiger charge is -2.40. The van der Waals surface area contributed by atoms with Gasteiger partial charge in [0, 0.05) is 0 Å². The van der Waals surface area contributed by atoms with Crippen molar-refractivity contribution >= 4 is 0 Å². The molecule has 1 saturated carbocycles. The van der Waals surface area contributed by atoms with Crippen LogP contribution in [0.3, 0.4) is 0 Å². The smallest absolute Gasteiger partial charge is 0.0690 e. The molecule has 0 aromatic heterocycles. The summed E-state index contributed by atoms with van der Waals surface area (Å²) in [6.45, 7) is 5.56. The van der Waals surface area contributed by atoms with Gasteiger partial charge in [-0.2, -0.15) is 0 Å². The molecule has 2 aliphatic rings. The first kappa shape index (κ1) is 11.2. The standard InChI is InChI=1S/C14H24O/c1-12(2)13-6-9-14(10-7-13)8-4-3-5-11-15-14/h3,5,12-13H,4,6-11H2,1-2H3. The molecule has 1 heterocycles. The SMILES string of the molecule is CC(C)C1CCC2(CCC=CCO2)CC1. The number of rotatable bonds is 1. The summed E-state index contributed by atoms with van der Waals surface area (Å²) in [4.78, 5) is 0. The van der Waals surface area contributed by atoms with E-state index in [4.69, 9.17) is 4.74 Å². The molecular weight excluding hydrogens is 184 g/mol. The third-order valence-corrected chi connectivity index (χ3v) is 4.30. The van der Waals surface area contributed by atoms with Gasteiger partial charge < -0.3 is 4.74 Å². The molecule has 1 fully saturated rings. The van der Waals surface area contributed by atoms with Crippen LogP contribution in [0, 0.1) is 11.8 Å². The van der Waals surface area contributed by atoms with E-state index in [0.717, 1.165) is 18.4 Å². The fourth-order valence-electron chi connectivity index (χ4n) is 3.06. The van der Waals surface area contributed by atoms with Gasteiger partial charge in [-0.1, -0.05) is 26.0 Å². The van der Waals surface area contributed by atoms with Gasteiger partial charge in [0.05, 0.1) is 12.2 Å². The topological polar surface area (TPSA) is 9.23 Å². The zero-order valence-corrected chi connectivity index (χ0v) is 10.2. The van der Waals surface area contributed by atoms with Gasteiger partial charge in [0.25, 0.3) is 0 Å². The maximum Gasteiger partial charge on any atom is 0.0690 e. The Bertz CT molecular complexity index is 209. The fourth-order valence-corrected chi connectivity index (χ4v) is 3.06. The highest BCUT2D eigenvalue weighted by Crippen LogP contribution is 2.41. The zero-order chi connectivity index (χ0) is 10.7. The van der Waals surface area contributed by atoms with Crippen molar-refractivity contribution in [1.29, 1.82) is 0 Å². The van der Waals surface area contributed by atoms with Gasteiger partial charge in [-0.25, -0.2) is 0 Å². The Morgan fingerprint density at radius 1 is 1.13 bits per heavy atom. The van der Waals surface area contributed by atoms with Crippen LogP contribution < -0.4 is 0 Å². The van der Waals surface area contributed by atoms with Crippen LogP contribution in [0.2, 0.25) is 0 Å². The molecule has 0 bridgehead atoms. The molecule has 0 aromatic rings. The highest BCUT2D eigenvalue weighted by atomic mass is 16.5. The van der Waals surface area contributed by atoms with E-state index in [1.54, 1.807) is 0 Å². The van der Waals surface area contributed by atoms with Gasteiger partial charge in [0.1, 0.15) is 0 Å². The van der Waals surface area contributed by atoms with Gasteiger partial charge in [0.2, 0.25) is 0 Å². The van der Waals surface area contributed by atoms with E-state index in [2.05, 4.69) is 26.0 Å². The Kier molecular flexibility index (Phi) is 3.50. The minimum absolute atomic E-state index is 0.245. The highest BCUT2D eigenvalue weighted by molar-refractivity contribution is 4.95. The first-order chi connectivity index (χ1) is 7.22. The van der Waals surface area contributed by atoms with Crippen LogP contribution in [0.15, 0.2) is 12.2 Å². The summed E-state index contributed by atoms with van der Waals surface area (Å²) < 4.78 is 6.07. The summed E-state index contributed by atoms with van der Waals surface area (Å²) in [6, 6.07) is 0. The first-order valence-electron chi connectivity index (χ1n) is 6.51. The van der Waals surface area contributed by atoms with E-state index < -0.39 is 0 Å². The summed E-state index contributed by atoms with van der Waals surface area (Å²) >= 11 is 0. The van der Waals surface area contributed by atoms with Gasteiger partial charge in [-0.3, -0.25) is 0 Å². The van der Waals surface area contributed by atoms with Crippen LogP contribution >= 0.6 is 0 Å². The molecule has 2 rings (SSSR count). The van der Waals surface area contributed by atoms with Gasteiger partial charge in [-0.15, -0.1) is 0 Å². The average molecular weight is 208 g/mol. The molecule has 1 aliphatic heterocycles. The van der Waals surface area contributed by atoms with Crippen molar-refractivity contribution in [2.24, 2.45) is 11.8 Å². The third-order valence-electron chi connectivity index (χ3n) is 4.30. The fraction of sp³-hybridized carbons (Fsp3) is 0.857. The summed E-state index contributed by atoms with van der Waals surface area (Å²) in [5.41, 5.74) is 0.245. The lowest BCUT2D eigenvalue weighted by atomic mass is 9.73. The maximum atomic E-state index is 6.07. The van der Waals surface area contributed by atoms with Gasteiger partial charge in [-0.05, 0) is 50.4 Å². The first-order valence-corrected chi connectivity index (χ1v) is 6.51. The second-order valence-corrected chi connectivity index (χ2v) is 5.59. The van der Waals surface area contributed by atoms with E-state index in [1.807, 2.05) is 0 Å². The maximum absolute atomic E-state index is 6.07. The number of hydrogen-bond donors (Lipinski definition) is 0. The van der Waals surface area contributed by atoms with E-state index in [9.17, 15) is 0 Å². The predicted molar refractivity (Wildman–Crippen MR) is 63.9 cm³/mol. The van der Waals surface area contributed by atoms with Crippen molar-refractivity contribution in [3.05, 3.63) is 12.2 Å². The van der Waals surface area contributed by atoms with E-state index >= 15 is 0 Å². The molecule has 1 heteroatoms. The average Bonchev–Trinajstić information content (AvgIpc) is 2.45. The van der Waals surface area contributed by atoms with Crippen LogP contribution in [0.1, 0.15) is 52.4 Å². The van der Waals surface area contributed by atoms with E-state index in [-0.39, 0.29) is 5.60 Å². The largest absolute Gasteiger partial charge is 0.371 e. The summed E-state index contributed by atoms with van der Waals surface area (Å²) in [7, 11) is 0. The molecule has 86 valence electrons. The molecule has 15 heavy (non-hydrogen) atoms. The van der Waals surface area contributed by atoms with Crippen LogP contribution in [-0.4, -0.2) is 12.2 Å². The molecular formula is C14H24O. The Balaban J connectivity index is 1.90. The molecule has 0 unspecified atom stereocenters. The molecule has 1 nitrogen and oxygen atoms in total. The third kappa shape index (κ3) is 2.63. The molecule has 0 atom stereocenters. The minimum atomic E-state index is 0.245. The lowest BCUT2D eigenvalue weighted by Crippen LogP contribution is -2.37. The predicted octanol–water partition coefficient (Wildman–Crippen LogP) is 3.94. The summed E-state index contributed by atoms with van der Waals surface area (Å²) in [5.74, 6) is 1.79. The zero-order valence-electron chi connectivity index (χ0n) is 10.2. The lowest BCUT2D eigenvalue weighted by molar-refractivity contribution is -0.0717. The second-order valence-electron chi connectivity index (χ2n) is 5.59. The molecule has 0 radical (unpaired) electrons. The molecule has 0 N–H and O–H groups in total. The van der Waals surface area contributed by atoms with Crippen molar-refractivity contribution in [3.63, 3.8) is 0 Å². The van der Waals surface area contributed by atoms with E-state index in [0.29, 0.717) is 0 Å². The van der Waals surface area contributed by atoms with Crippen molar-refractivity contribution in [1.82, 2.24) is 0 Å². The van der Waals surface area contributed by atoms with Gasteiger partial charge in [0.15, 0.2) is 0 Å². The molecule has 1 aliphatic carbocycles. The second kappa shape index (κ2) is 4.69. The molecule has 0 aromatic carbocycles. The Morgan fingerprint density at radius 3 is 2.53 bits per heavy atom. The highest BCUT2D eigenvalue weighted by Gasteiger charge is 2.36. The molecule has 0 amide bonds. The quantitative estimate of drug-likeness (QED) is 0.593. The Labute approximate surface area is 93.9 Å². The molecule has 0 saturated heterocycles. The van der Waals surface area contributed by atoms with Crippen molar-refractivity contribution < 1.29 is 4.74 Å². The summed E-state index contributed by atoms with van der Waals surface area (Å²) in [6.07, 6.45) is 12.2. The normalized spacial score (nSPS) is 37.1. The number of allylic oxidation sites excluding steroid dienone is 1. The Morgan fingerprint density at radius 2 is 1.87 bits per heavy atom. The van der Waals surface area contributed by atoms with Crippen molar-refractivity contribution in [2.45, 2.75) is 58.0 Å². The minimum Gasteiger partial charge on any atom is -0.371 e. The number of ether oxygens (including phenoxy) is 1. The van der Waals surface area contributed by atoms with Crippen LogP contribution in [0.5, 0.6) is 0 Å². The Hall–Kier alpha value is -0.300. The van der Waals surface area contributed by atoms with Crippen molar-refractivity contribution in [2.75, 3.05) is 6.61 Å². The molecule has 1 spiro atoms. The number of hydrogen-bond acceptors (Lipinski definition) is 1.